The van der Waals surface area contributed by atoms with Gasteiger partial charge in [-0.25, -0.2) is 4.98 Å². The molecule has 0 amide bonds. The summed E-state index contributed by atoms with van der Waals surface area (Å²) in [6.45, 7) is 5.02. The van der Waals surface area contributed by atoms with Gasteiger partial charge in [-0.2, -0.15) is 9.61 Å². The molecule has 150 valence electrons. The van der Waals surface area contributed by atoms with Crippen molar-refractivity contribution < 1.29 is 0 Å². The van der Waals surface area contributed by atoms with Gasteiger partial charge >= 0.3 is 0 Å². The number of halogens is 1. The molecule has 1 aromatic carbocycles. The highest BCUT2D eigenvalue weighted by molar-refractivity contribution is 9.10. The first-order chi connectivity index (χ1) is 14.1. The van der Waals surface area contributed by atoms with E-state index in [0.717, 1.165) is 53.3 Å². The zero-order valence-electron chi connectivity index (χ0n) is 16.6. The minimum absolute atomic E-state index is 0.822. The molecule has 1 N–H and O–H groups in total. The molecule has 0 aliphatic carbocycles. The van der Waals surface area contributed by atoms with Crippen LogP contribution in [0.15, 0.2) is 58.5 Å². The van der Waals surface area contributed by atoms with Gasteiger partial charge in [0.25, 0.3) is 0 Å². The van der Waals surface area contributed by atoms with Crippen LogP contribution in [-0.4, -0.2) is 39.6 Å². The molecular formula is C22H24BrN5S. The Morgan fingerprint density at radius 1 is 1.21 bits per heavy atom. The van der Waals surface area contributed by atoms with Crippen molar-refractivity contribution in [2.75, 3.05) is 25.5 Å². The summed E-state index contributed by atoms with van der Waals surface area (Å²) in [6.07, 6.45) is 2.85. The van der Waals surface area contributed by atoms with Crippen LogP contribution in [0.2, 0.25) is 0 Å². The molecular weight excluding hydrogens is 446 g/mol. The first kappa shape index (κ1) is 20.1. The summed E-state index contributed by atoms with van der Waals surface area (Å²) in [4.78, 5) is 8.59. The van der Waals surface area contributed by atoms with Gasteiger partial charge in [0.05, 0.1) is 16.4 Å². The first-order valence-electron chi connectivity index (χ1n) is 9.67. The fourth-order valence-electron chi connectivity index (χ4n) is 3.37. The zero-order chi connectivity index (χ0) is 20.2. The average Bonchev–Trinajstić information content (AvgIpc) is 3.35. The minimum atomic E-state index is 0.822. The SMILES string of the molecule is Cc1ccccc1-c1cc(NCCCN(C)Cc2cccs2)n2ncc(Br)c2n1. The molecule has 3 heterocycles. The lowest BCUT2D eigenvalue weighted by Gasteiger charge is -2.16. The molecule has 0 spiro atoms. The third-order valence-corrected chi connectivity index (χ3v) is 6.30. The van der Waals surface area contributed by atoms with Crippen LogP contribution in [0.5, 0.6) is 0 Å². The summed E-state index contributed by atoms with van der Waals surface area (Å²) in [5.41, 5.74) is 4.13. The molecule has 0 unspecified atom stereocenters. The number of fused-ring (bicyclic) bond motifs is 1. The van der Waals surface area contributed by atoms with Crippen molar-refractivity contribution in [2.24, 2.45) is 0 Å². The third-order valence-electron chi connectivity index (χ3n) is 4.88. The molecule has 0 atom stereocenters. The van der Waals surface area contributed by atoms with Crippen molar-refractivity contribution in [3.8, 4) is 11.3 Å². The van der Waals surface area contributed by atoms with Crippen LogP contribution in [0.1, 0.15) is 16.9 Å². The van der Waals surface area contributed by atoms with Crippen LogP contribution < -0.4 is 5.32 Å². The Morgan fingerprint density at radius 2 is 2.07 bits per heavy atom. The first-order valence-corrected chi connectivity index (χ1v) is 11.3. The lowest BCUT2D eigenvalue weighted by molar-refractivity contribution is 0.328. The number of hydrogen-bond acceptors (Lipinski definition) is 5. The highest BCUT2D eigenvalue weighted by Gasteiger charge is 2.12. The van der Waals surface area contributed by atoms with E-state index in [1.54, 1.807) is 6.20 Å². The van der Waals surface area contributed by atoms with E-state index < -0.39 is 0 Å². The van der Waals surface area contributed by atoms with E-state index in [2.05, 4.69) is 93.1 Å². The van der Waals surface area contributed by atoms with E-state index >= 15 is 0 Å². The van der Waals surface area contributed by atoms with Crippen molar-refractivity contribution in [1.82, 2.24) is 19.5 Å². The molecule has 4 rings (SSSR count). The number of benzene rings is 1. The number of thiophene rings is 1. The van der Waals surface area contributed by atoms with Crippen LogP contribution in [-0.2, 0) is 6.54 Å². The molecule has 0 bridgehead atoms. The Morgan fingerprint density at radius 3 is 2.86 bits per heavy atom. The Labute approximate surface area is 183 Å². The molecule has 0 saturated carbocycles. The highest BCUT2D eigenvalue weighted by Crippen LogP contribution is 2.27. The lowest BCUT2D eigenvalue weighted by atomic mass is 10.1. The molecule has 29 heavy (non-hydrogen) atoms. The second-order valence-electron chi connectivity index (χ2n) is 7.17. The van der Waals surface area contributed by atoms with Crippen molar-refractivity contribution in [3.05, 3.63) is 69.0 Å². The summed E-state index contributed by atoms with van der Waals surface area (Å²) in [5, 5.41) is 10.2. The second kappa shape index (κ2) is 9.07. The van der Waals surface area contributed by atoms with E-state index in [9.17, 15) is 0 Å². The topological polar surface area (TPSA) is 45.5 Å². The van der Waals surface area contributed by atoms with E-state index in [-0.39, 0.29) is 0 Å². The summed E-state index contributed by atoms with van der Waals surface area (Å²) >= 11 is 5.39. The average molecular weight is 470 g/mol. The number of nitrogens with zero attached hydrogens (tertiary/aromatic N) is 4. The van der Waals surface area contributed by atoms with Crippen molar-refractivity contribution in [3.63, 3.8) is 0 Å². The quantitative estimate of drug-likeness (QED) is 0.347. The van der Waals surface area contributed by atoms with E-state index in [1.807, 2.05) is 15.9 Å². The number of anilines is 1. The van der Waals surface area contributed by atoms with Crippen molar-refractivity contribution in [2.45, 2.75) is 19.9 Å². The van der Waals surface area contributed by atoms with Crippen LogP contribution >= 0.6 is 27.3 Å². The van der Waals surface area contributed by atoms with Gasteiger partial charge in [-0.3, -0.25) is 0 Å². The van der Waals surface area contributed by atoms with Gasteiger partial charge in [-0.1, -0.05) is 30.3 Å². The number of aryl methyl sites for hydroxylation is 1. The lowest BCUT2D eigenvalue weighted by Crippen LogP contribution is -2.21. The molecule has 0 saturated heterocycles. The van der Waals surface area contributed by atoms with Crippen molar-refractivity contribution in [1.29, 1.82) is 0 Å². The standard InChI is InChI=1S/C22H24BrN5S/c1-16-7-3-4-9-18(16)20-13-21(28-22(26-20)19(23)14-25-28)24-10-6-11-27(2)15-17-8-5-12-29-17/h3-5,7-9,12-14,24H,6,10-11,15H2,1-2H3. The van der Waals surface area contributed by atoms with Gasteiger partial charge in [-0.15, -0.1) is 11.3 Å². The Kier molecular flexibility index (Phi) is 6.28. The van der Waals surface area contributed by atoms with Crippen molar-refractivity contribution >= 4 is 38.7 Å². The Bertz CT molecular complexity index is 1090. The third kappa shape index (κ3) is 4.69. The maximum atomic E-state index is 4.83. The van der Waals surface area contributed by atoms with Crippen LogP contribution in [0.25, 0.3) is 16.9 Å². The number of hydrogen-bond donors (Lipinski definition) is 1. The molecule has 0 aliphatic heterocycles. The molecule has 5 nitrogen and oxygen atoms in total. The van der Waals surface area contributed by atoms with Gasteiger partial charge in [0.2, 0.25) is 0 Å². The fourth-order valence-corrected chi connectivity index (χ4v) is 4.51. The number of aromatic nitrogens is 3. The van der Waals surface area contributed by atoms with Gasteiger partial charge < -0.3 is 10.2 Å². The van der Waals surface area contributed by atoms with Gasteiger partial charge in [0.15, 0.2) is 5.65 Å². The molecule has 0 aliphatic rings. The van der Waals surface area contributed by atoms with E-state index in [0.29, 0.717) is 0 Å². The van der Waals surface area contributed by atoms with Gasteiger partial charge in [-0.05, 0) is 59.9 Å². The van der Waals surface area contributed by atoms with Crippen LogP contribution in [0.4, 0.5) is 5.82 Å². The normalized spacial score (nSPS) is 11.4. The maximum Gasteiger partial charge on any atom is 0.172 e. The molecule has 4 aromatic rings. The molecule has 3 aromatic heterocycles. The predicted octanol–water partition coefficient (Wildman–Crippen LogP) is 5.46. The monoisotopic (exact) mass is 469 g/mol. The van der Waals surface area contributed by atoms with Gasteiger partial charge in [0.1, 0.15) is 5.82 Å². The molecule has 0 fully saturated rings. The highest BCUT2D eigenvalue weighted by atomic mass is 79.9. The smallest absolute Gasteiger partial charge is 0.172 e. The van der Waals surface area contributed by atoms with Crippen LogP contribution in [0.3, 0.4) is 0 Å². The Hall–Kier alpha value is -2.22. The maximum absolute atomic E-state index is 4.83. The summed E-state index contributed by atoms with van der Waals surface area (Å²) in [7, 11) is 2.17. The summed E-state index contributed by atoms with van der Waals surface area (Å²) < 4.78 is 2.76. The van der Waals surface area contributed by atoms with E-state index in [1.165, 1.54) is 10.4 Å². The number of nitrogens with one attached hydrogen (secondary N) is 1. The summed E-state index contributed by atoms with van der Waals surface area (Å²) in [5.74, 6) is 0.958. The fraction of sp³-hybridized carbons (Fsp3) is 0.273. The van der Waals surface area contributed by atoms with E-state index in [4.69, 9.17) is 4.98 Å². The number of rotatable bonds is 8. The summed E-state index contributed by atoms with van der Waals surface area (Å²) in [6, 6.07) is 14.7. The second-order valence-corrected chi connectivity index (χ2v) is 9.05. The molecule has 7 heteroatoms. The predicted molar refractivity (Wildman–Crippen MR) is 125 cm³/mol. The Balaban J connectivity index is 1.47. The largest absolute Gasteiger partial charge is 0.370 e. The molecule has 0 radical (unpaired) electrons. The minimum Gasteiger partial charge on any atom is -0.370 e. The van der Waals surface area contributed by atoms with Gasteiger partial charge in [0, 0.05) is 29.6 Å². The van der Waals surface area contributed by atoms with Crippen LogP contribution in [0, 0.1) is 6.92 Å². The zero-order valence-corrected chi connectivity index (χ0v) is 19.0.